The fraction of sp³-hybridized carbons (Fsp3) is 0.300. The van der Waals surface area contributed by atoms with E-state index in [2.05, 4.69) is 5.32 Å². The maximum absolute atomic E-state index is 11.4. The SMILES string of the molecule is Cc1cc2c(cc1Cl)CCNC2=O. The maximum Gasteiger partial charge on any atom is 0.251 e. The highest BCUT2D eigenvalue weighted by molar-refractivity contribution is 6.31. The average Bonchev–Trinajstić information content (AvgIpc) is 2.09. The van der Waals surface area contributed by atoms with Crippen molar-refractivity contribution >= 4 is 17.5 Å². The van der Waals surface area contributed by atoms with Crippen molar-refractivity contribution in [2.45, 2.75) is 13.3 Å². The number of fused-ring (bicyclic) bond motifs is 1. The monoisotopic (exact) mass is 195 g/mol. The number of rotatable bonds is 0. The van der Waals surface area contributed by atoms with Crippen molar-refractivity contribution in [1.82, 2.24) is 5.32 Å². The third kappa shape index (κ3) is 1.42. The molecule has 1 N–H and O–H groups in total. The molecule has 0 aromatic heterocycles. The van der Waals surface area contributed by atoms with Gasteiger partial charge in [0.1, 0.15) is 0 Å². The number of nitrogens with one attached hydrogen (secondary N) is 1. The van der Waals surface area contributed by atoms with Crippen LogP contribution in [0.4, 0.5) is 0 Å². The van der Waals surface area contributed by atoms with Crippen LogP contribution in [-0.2, 0) is 6.42 Å². The van der Waals surface area contributed by atoms with Crippen LogP contribution in [0.15, 0.2) is 12.1 Å². The van der Waals surface area contributed by atoms with Gasteiger partial charge in [-0.05, 0) is 36.6 Å². The molecule has 2 rings (SSSR count). The van der Waals surface area contributed by atoms with Gasteiger partial charge >= 0.3 is 0 Å². The van der Waals surface area contributed by atoms with Crippen LogP contribution in [0.5, 0.6) is 0 Å². The molecule has 0 spiro atoms. The second-order valence-corrected chi connectivity index (χ2v) is 3.67. The predicted octanol–water partition coefficient (Wildman–Crippen LogP) is 1.93. The van der Waals surface area contributed by atoms with Crippen molar-refractivity contribution in [3.63, 3.8) is 0 Å². The summed E-state index contributed by atoms with van der Waals surface area (Å²) < 4.78 is 0. The molecule has 0 atom stereocenters. The largest absolute Gasteiger partial charge is 0.352 e. The summed E-state index contributed by atoms with van der Waals surface area (Å²) in [5, 5.41) is 3.55. The molecule has 1 heterocycles. The first kappa shape index (κ1) is 8.57. The minimum atomic E-state index is 0.0148. The van der Waals surface area contributed by atoms with E-state index in [1.54, 1.807) is 0 Å². The van der Waals surface area contributed by atoms with Gasteiger partial charge in [-0.3, -0.25) is 4.79 Å². The number of carbonyl (C=O) groups is 1. The van der Waals surface area contributed by atoms with Crippen LogP contribution < -0.4 is 5.32 Å². The zero-order valence-electron chi connectivity index (χ0n) is 7.36. The lowest BCUT2D eigenvalue weighted by atomic mass is 9.98. The van der Waals surface area contributed by atoms with Crippen molar-refractivity contribution in [2.24, 2.45) is 0 Å². The molecular weight excluding hydrogens is 186 g/mol. The zero-order chi connectivity index (χ0) is 9.42. The Kier molecular flexibility index (Phi) is 2.00. The van der Waals surface area contributed by atoms with E-state index in [0.29, 0.717) is 6.54 Å². The fourth-order valence-corrected chi connectivity index (χ4v) is 1.73. The molecule has 1 aromatic carbocycles. The Hall–Kier alpha value is -1.02. The molecule has 1 aliphatic heterocycles. The summed E-state index contributed by atoms with van der Waals surface area (Å²) in [6, 6.07) is 3.75. The van der Waals surface area contributed by atoms with E-state index in [9.17, 15) is 4.79 Å². The van der Waals surface area contributed by atoms with Crippen molar-refractivity contribution in [3.05, 3.63) is 33.8 Å². The third-order valence-electron chi connectivity index (χ3n) is 2.31. The van der Waals surface area contributed by atoms with Gasteiger partial charge in [-0.15, -0.1) is 0 Å². The Morgan fingerprint density at radius 3 is 3.00 bits per heavy atom. The first-order valence-corrected chi connectivity index (χ1v) is 4.63. The van der Waals surface area contributed by atoms with Gasteiger partial charge in [0.15, 0.2) is 0 Å². The molecule has 0 unspecified atom stereocenters. The maximum atomic E-state index is 11.4. The van der Waals surface area contributed by atoms with Crippen molar-refractivity contribution in [3.8, 4) is 0 Å². The molecule has 2 nitrogen and oxygen atoms in total. The van der Waals surface area contributed by atoms with Gasteiger partial charge in [0.05, 0.1) is 0 Å². The molecule has 0 saturated heterocycles. The molecule has 0 fully saturated rings. The number of benzene rings is 1. The molecule has 0 saturated carbocycles. The molecule has 3 heteroatoms. The molecule has 0 bridgehead atoms. The quantitative estimate of drug-likeness (QED) is 0.674. The smallest absolute Gasteiger partial charge is 0.251 e. The highest BCUT2D eigenvalue weighted by Gasteiger charge is 2.17. The summed E-state index contributed by atoms with van der Waals surface area (Å²) in [7, 11) is 0. The summed E-state index contributed by atoms with van der Waals surface area (Å²) in [6.45, 7) is 2.62. The lowest BCUT2D eigenvalue weighted by Crippen LogP contribution is -2.31. The van der Waals surface area contributed by atoms with E-state index in [1.807, 2.05) is 19.1 Å². The van der Waals surface area contributed by atoms with Gasteiger partial charge in [-0.25, -0.2) is 0 Å². The number of hydrogen-bond acceptors (Lipinski definition) is 1. The van der Waals surface area contributed by atoms with Gasteiger partial charge < -0.3 is 5.32 Å². The number of halogens is 1. The number of hydrogen-bond donors (Lipinski definition) is 1. The van der Waals surface area contributed by atoms with E-state index in [1.165, 1.54) is 0 Å². The van der Waals surface area contributed by atoms with Crippen LogP contribution in [0, 0.1) is 6.92 Å². The second kappa shape index (κ2) is 3.04. The Labute approximate surface area is 81.9 Å². The van der Waals surface area contributed by atoms with Crippen LogP contribution in [0.25, 0.3) is 0 Å². The molecule has 1 aliphatic rings. The summed E-state index contributed by atoms with van der Waals surface area (Å²) >= 11 is 5.96. The van der Waals surface area contributed by atoms with Gasteiger partial charge in [0, 0.05) is 17.1 Å². The summed E-state index contributed by atoms with van der Waals surface area (Å²) in [4.78, 5) is 11.4. The Bertz CT molecular complexity index is 373. The molecule has 68 valence electrons. The highest BCUT2D eigenvalue weighted by atomic mass is 35.5. The van der Waals surface area contributed by atoms with E-state index < -0.39 is 0 Å². The van der Waals surface area contributed by atoms with Gasteiger partial charge in [0.25, 0.3) is 5.91 Å². The van der Waals surface area contributed by atoms with Crippen molar-refractivity contribution < 1.29 is 4.79 Å². The van der Waals surface area contributed by atoms with E-state index in [-0.39, 0.29) is 5.91 Å². The van der Waals surface area contributed by atoms with Crippen LogP contribution >= 0.6 is 11.6 Å². The van der Waals surface area contributed by atoms with Crippen LogP contribution in [0.1, 0.15) is 21.5 Å². The third-order valence-corrected chi connectivity index (χ3v) is 2.72. The van der Waals surface area contributed by atoms with E-state index >= 15 is 0 Å². The molecule has 1 aromatic rings. The normalized spacial score (nSPS) is 15.1. The molecular formula is C10H10ClNO. The summed E-state index contributed by atoms with van der Waals surface area (Å²) in [5.74, 6) is 0.0148. The van der Waals surface area contributed by atoms with Crippen LogP contribution in [-0.4, -0.2) is 12.5 Å². The molecule has 13 heavy (non-hydrogen) atoms. The van der Waals surface area contributed by atoms with Gasteiger partial charge in [-0.2, -0.15) is 0 Å². The van der Waals surface area contributed by atoms with E-state index in [0.717, 1.165) is 28.1 Å². The lowest BCUT2D eigenvalue weighted by molar-refractivity contribution is 0.0946. The van der Waals surface area contributed by atoms with Gasteiger partial charge in [-0.1, -0.05) is 11.6 Å². The predicted molar refractivity (Wildman–Crippen MR) is 52.2 cm³/mol. The first-order valence-electron chi connectivity index (χ1n) is 4.25. The molecule has 0 aliphatic carbocycles. The number of carbonyl (C=O) groups excluding carboxylic acids is 1. The Morgan fingerprint density at radius 1 is 1.46 bits per heavy atom. The van der Waals surface area contributed by atoms with Crippen molar-refractivity contribution in [1.29, 1.82) is 0 Å². The summed E-state index contributed by atoms with van der Waals surface area (Å²) in [6.07, 6.45) is 0.876. The number of amides is 1. The van der Waals surface area contributed by atoms with E-state index in [4.69, 9.17) is 11.6 Å². The highest BCUT2D eigenvalue weighted by Crippen LogP contribution is 2.22. The summed E-state index contributed by atoms with van der Waals surface area (Å²) in [5.41, 5.74) is 2.78. The Balaban J connectivity index is 2.58. The van der Waals surface area contributed by atoms with Crippen LogP contribution in [0.3, 0.4) is 0 Å². The standard InChI is InChI=1S/C10H10ClNO/c1-6-4-8-7(5-9(6)11)2-3-12-10(8)13/h4-5H,2-3H2,1H3,(H,12,13). The minimum Gasteiger partial charge on any atom is -0.352 e. The van der Waals surface area contributed by atoms with Crippen LogP contribution in [0.2, 0.25) is 5.02 Å². The number of aryl methyl sites for hydroxylation is 1. The van der Waals surface area contributed by atoms with Gasteiger partial charge in [0.2, 0.25) is 0 Å². The average molecular weight is 196 g/mol. The molecule has 0 radical (unpaired) electrons. The Morgan fingerprint density at radius 2 is 2.23 bits per heavy atom. The topological polar surface area (TPSA) is 29.1 Å². The minimum absolute atomic E-state index is 0.0148. The second-order valence-electron chi connectivity index (χ2n) is 3.26. The fourth-order valence-electron chi connectivity index (χ4n) is 1.55. The molecule has 1 amide bonds. The van der Waals surface area contributed by atoms with Crippen molar-refractivity contribution in [2.75, 3.05) is 6.54 Å². The first-order chi connectivity index (χ1) is 6.18. The zero-order valence-corrected chi connectivity index (χ0v) is 8.11. The lowest BCUT2D eigenvalue weighted by Gasteiger charge is -2.17.